The Kier molecular flexibility index (Phi) is 6.11. The summed E-state index contributed by atoms with van der Waals surface area (Å²) in [5.41, 5.74) is 6.15. The number of aromatic hydroxyl groups is 1. The van der Waals surface area contributed by atoms with E-state index in [1.165, 1.54) is 13.2 Å². The van der Waals surface area contributed by atoms with Gasteiger partial charge in [-0.15, -0.1) is 0 Å². The van der Waals surface area contributed by atoms with Crippen molar-refractivity contribution in [1.82, 2.24) is 9.96 Å². The standard InChI is InChI=1S/C26H33N3O7/c1-28(2)21-17-10-14-9-15-13(12-29-7-4-8-36-29)5-6-18(30)20(15)23(32)19(14)24(33)26(17,35-3)11-16(22(21)31)25(27)34/h5-6,14,17,21,30-31,33H,4,7-12H2,1-3H3,(H2,27,34)/t14-,17-,21+,26-/m0/s1. The molecule has 0 radical (unpaired) electrons. The monoisotopic (exact) mass is 499 g/mol. The number of carbonyl (C=O) groups is 2. The number of nitrogens with zero attached hydrogens (tertiary/aromatic N) is 2. The molecule has 1 aromatic rings. The molecular formula is C26H33N3O7. The van der Waals surface area contributed by atoms with Gasteiger partial charge in [0.2, 0.25) is 5.91 Å². The second kappa shape index (κ2) is 8.88. The lowest BCUT2D eigenvalue weighted by molar-refractivity contribution is -0.122. The van der Waals surface area contributed by atoms with E-state index in [9.17, 15) is 24.9 Å². The van der Waals surface area contributed by atoms with Gasteiger partial charge in [-0.1, -0.05) is 6.07 Å². The number of ketones is 1. The summed E-state index contributed by atoms with van der Waals surface area (Å²) < 4.78 is 5.91. The number of allylic oxidation sites excluding steroid dienone is 1. The number of phenols is 1. The van der Waals surface area contributed by atoms with Crippen molar-refractivity contribution in [1.29, 1.82) is 0 Å². The number of hydrogen-bond donors (Lipinski definition) is 4. The predicted molar refractivity (Wildman–Crippen MR) is 129 cm³/mol. The van der Waals surface area contributed by atoms with Gasteiger partial charge in [0, 0.05) is 38.1 Å². The Balaban J connectivity index is 1.64. The van der Waals surface area contributed by atoms with Crippen LogP contribution in [0.4, 0.5) is 0 Å². The number of aliphatic hydroxyl groups is 2. The first-order chi connectivity index (χ1) is 17.1. The van der Waals surface area contributed by atoms with Gasteiger partial charge in [0.15, 0.2) is 5.78 Å². The number of benzene rings is 1. The van der Waals surface area contributed by atoms with Crippen LogP contribution >= 0.6 is 0 Å². The van der Waals surface area contributed by atoms with Gasteiger partial charge in [-0.25, -0.2) is 0 Å². The number of likely N-dealkylation sites (N-methyl/N-ethyl adjacent to an activating group) is 1. The summed E-state index contributed by atoms with van der Waals surface area (Å²) in [4.78, 5) is 33.5. The number of phenolic OH excluding ortho intramolecular Hbond substituents is 1. The van der Waals surface area contributed by atoms with Crippen LogP contribution in [0.15, 0.2) is 34.8 Å². The summed E-state index contributed by atoms with van der Waals surface area (Å²) in [7, 11) is 4.97. The van der Waals surface area contributed by atoms with Crippen molar-refractivity contribution in [3.8, 4) is 5.75 Å². The number of aliphatic hydroxyl groups excluding tert-OH is 2. The summed E-state index contributed by atoms with van der Waals surface area (Å²) in [6.45, 7) is 1.93. The smallest absolute Gasteiger partial charge is 0.248 e. The molecule has 4 aliphatic rings. The van der Waals surface area contributed by atoms with E-state index < -0.39 is 29.3 Å². The number of hydrogen-bond acceptors (Lipinski definition) is 9. The van der Waals surface area contributed by atoms with E-state index in [0.29, 0.717) is 26.0 Å². The van der Waals surface area contributed by atoms with Gasteiger partial charge in [-0.2, -0.15) is 5.06 Å². The Morgan fingerprint density at radius 3 is 2.67 bits per heavy atom. The summed E-state index contributed by atoms with van der Waals surface area (Å²) in [6, 6.07) is 2.67. The zero-order chi connectivity index (χ0) is 25.9. The highest BCUT2D eigenvalue weighted by atomic mass is 16.7. The van der Waals surface area contributed by atoms with Crippen LogP contribution < -0.4 is 5.73 Å². The molecule has 0 unspecified atom stereocenters. The number of nitrogens with two attached hydrogens (primary N) is 1. The van der Waals surface area contributed by atoms with Gasteiger partial charge in [0.05, 0.1) is 23.8 Å². The molecule has 5 rings (SSSR count). The lowest BCUT2D eigenvalue weighted by Crippen LogP contribution is -2.60. The molecule has 5 N–H and O–H groups in total. The van der Waals surface area contributed by atoms with Crippen molar-refractivity contribution in [2.75, 3.05) is 34.4 Å². The minimum absolute atomic E-state index is 0.0307. The molecule has 0 aromatic heterocycles. The van der Waals surface area contributed by atoms with E-state index >= 15 is 0 Å². The second-order valence-electron chi connectivity index (χ2n) is 10.4. The fraction of sp³-hybridized carbons (Fsp3) is 0.538. The minimum atomic E-state index is -1.42. The molecule has 4 atom stereocenters. The fourth-order valence-electron chi connectivity index (χ4n) is 6.66. The third kappa shape index (κ3) is 3.54. The average Bonchev–Trinajstić information content (AvgIpc) is 3.33. The molecule has 10 heteroatoms. The Bertz CT molecular complexity index is 1180. The van der Waals surface area contributed by atoms with Crippen molar-refractivity contribution in [2.24, 2.45) is 17.6 Å². The van der Waals surface area contributed by atoms with Gasteiger partial charge in [0.1, 0.15) is 22.9 Å². The number of rotatable bonds is 5. The molecule has 1 saturated heterocycles. The third-order valence-electron chi connectivity index (χ3n) is 8.31. The molecule has 10 nitrogen and oxygen atoms in total. The van der Waals surface area contributed by atoms with Crippen molar-refractivity contribution in [3.63, 3.8) is 0 Å². The SMILES string of the molecule is CO[C@@]12CC(C(N)=O)=C(O)[C@H](N(C)C)[C@@H]1C[C@@H]1Cc3c(CN4CCCO4)ccc(O)c3C(=O)C1=C2O. The Labute approximate surface area is 209 Å². The van der Waals surface area contributed by atoms with Crippen LogP contribution in [0, 0.1) is 11.8 Å². The highest BCUT2D eigenvalue weighted by Crippen LogP contribution is 2.55. The summed E-state index contributed by atoms with van der Waals surface area (Å²) >= 11 is 0. The number of fused-ring (bicyclic) bond motifs is 3. The van der Waals surface area contributed by atoms with Gasteiger partial charge in [-0.05, 0) is 56.5 Å². The lowest BCUT2D eigenvalue weighted by atomic mass is 9.58. The topological polar surface area (TPSA) is 146 Å². The first-order valence-corrected chi connectivity index (χ1v) is 12.2. The molecule has 1 amide bonds. The lowest BCUT2D eigenvalue weighted by Gasteiger charge is -2.53. The van der Waals surface area contributed by atoms with Crippen LogP contribution in [0.5, 0.6) is 5.75 Å². The molecule has 1 aliphatic heterocycles. The number of primary amides is 1. The zero-order valence-corrected chi connectivity index (χ0v) is 20.8. The molecule has 0 spiro atoms. The van der Waals surface area contributed by atoms with Crippen LogP contribution in [0.1, 0.15) is 40.7 Å². The van der Waals surface area contributed by atoms with E-state index in [-0.39, 0.29) is 46.3 Å². The third-order valence-corrected chi connectivity index (χ3v) is 8.31. The van der Waals surface area contributed by atoms with E-state index in [0.717, 1.165) is 24.1 Å². The molecular weight excluding hydrogens is 466 g/mol. The number of hydroxylamine groups is 2. The number of carbonyl (C=O) groups excluding carboxylic acids is 2. The van der Waals surface area contributed by atoms with Crippen LogP contribution in [0.25, 0.3) is 0 Å². The zero-order valence-electron chi connectivity index (χ0n) is 20.8. The van der Waals surface area contributed by atoms with Gasteiger partial charge >= 0.3 is 0 Å². The first-order valence-electron chi connectivity index (χ1n) is 12.2. The van der Waals surface area contributed by atoms with Crippen molar-refractivity contribution >= 4 is 11.7 Å². The summed E-state index contributed by atoms with van der Waals surface area (Å²) in [6.07, 6.45) is 1.63. The van der Waals surface area contributed by atoms with E-state index in [1.54, 1.807) is 19.0 Å². The van der Waals surface area contributed by atoms with Crippen LogP contribution in [-0.4, -0.2) is 83.0 Å². The van der Waals surface area contributed by atoms with Crippen molar-refractivity contribution < 1.29 is 34.5 Å². The van der Waals surface area contributed by atoms with Gasteiger partial charge < -0.3 is 25.8 Å². The normalized spacial score (nSPS) is 30.4. The maximum absolute atomic E-state index is 13.9. The molecule has 1 heterocycles. The summed E-state index contributed by atoms with van der Waals surface area (Å²) in [5.74, 6) is -2.59. The molecule has 0 bridgehead atoms. The van der Waals surface area contributed by atoms with Gasteiger partial charge in [-0.3, -0.25) is 19.3 Å². The molecule has 0 saturated carbocycles. The first kappa shape index (κ1) is 24.8. The summed E-state index contributed by atoms with van der Waals surface area (Å²) in [5, 5.41) is 35.2. The molecule has 36 heavy (non-hydrogen) atoms. The quantitative estimate of drug-likeness (QED) is 0.476. The van der Waals surface area contributed by atoms with Gasteiger partial charge in [0.25, 0.3) is 0 Å². The van der Waals surface area contributed by atoms with Crippen molar-refractivity contribution in [3.05, 3.63) is 51.5 Å². The largest absolute Gasteiger partial charge is 0.510 e. The van der Waals surface area contributed by atoms with E-state index in [2.05, 4.69) is 0 Å². The van der Waals surface area contributed by atoms with Crippen LogP contribution in [-0.2, 0) is 27.3 Å². The number of ether oxygens (including phenoxy) is 1. The fourth-order valence-corrected chi connectivity index (χ4v) is 6.66. The molecule has 1 fully saturated rings. The Hall–Kier alpha value is -2.92. The Morgan fingerprint density at radius 1 is 1.31 bits per heavy atom. The van der Waals surface area contributed by atoms with Crippen LogP contribution in [0.2, 0.25) is 0 Å². The van der Waals surface area contributed by atoms with Crippen LogP contribution in [0.3, 0.4) is 0 Å². The highest BCUT2D eigenvalue weighted by Gasteiger charge is 2.59. The molecule has 3 aliphatic carbocycles. The number of Topliss-reactive ketones (excluding diaryl/α,β-unsaturated/α-hetero) is 1. The number of methoxy groups -OCH3 is 1. The molecule has 1 aromatic carbocycles. The van der Waals surface area contributed by atoms with E-state index in [4.69, 9.17) is 15.3 Å². The molecule has 194 valence electrons. The Morgan fingerprint density at radius 2 is 2.06 bits per heavy atom. The average molecular weight is 500 g/mol. The number of amides is 1. The minimum Gasteiger partial charge on any atom is -0.510 e. The van der Waals surface area contributed by atoms with Crippen molar-refractivity contribution in [2.45, 2.75) is 43.9 Å². The maximum Gasteiger partial charge on any atom is 0.248 e. The highest BCUT2D eigenvalue weighted by molar-refractivity contribution is 6.13. The van der Waals surface area contributed by atoms with E-state index in [1.807, 2.05) is 11.1 Å². The maximum atomic E-state index is 13.9. The predicted octanol–water partition coefficient (Wildman–Crippen LogP) is 1.73. The second-order valence-corrected chi connectivity index (χ2v) is 10.4.